The number of nitrogens with one attached hydrogen (secondary N) is 1. The number of ether oxygens (including phenoxy) is 1. The second kappa shape index (κ2) is 9.28. The molecule has 25 heavy (non-hydrogen) atoms. The number of hydrogen-bond acceptors (Lipinski definition) is 5. The first-order chi connectivity index (χ1) is 11.9. The summed E-state index contributed by atoms with van der Waals surface area (Å²) in [6.45, 7) is 5.41. The van der Waals surface area contributed by atoms with Crippen LogP contribution in [0.25, 0.3) is 0 Å². The third-order valence-electron chi connectivity index (χ3n) is 4.22. The molecule has 140 valence electrons. The van der Waals surface area contributed by atoms with Gasteiger partial charge in [-0.25, -0.2) is 8.42 Å². The van der Waals surface area contributed by atoms with Gasteiger partial charge in [0.1, 0.15) is 0 Å². The lowest BCUT2D eigenvalue weighted by molar-refractivity contribution is -0.131. The highest BCUT2D eigenvalue weighted by molar-refractivity contribution is 7.89. The number of hydrogen-bond donors (Lipinski definition) is 1. The molecule has 1 N–H and O–H groups in total. The maximum atomic E-state index is 12.9. The van der Waals surface area contributed by atoms with Crippen molar-refractivity contribution in [2.24, 2.45) is 0 Å². The largest absolute Gasteiger partial charge is 0.383 e. The van der Waals surface area contributed by atoms with Gasteiger partial charge in [0.05, 0.1) is 11.5 Å². The van der Waals surface area contributed by atoms with Crippen LogP contribution < -0.4 is 5.32 Å². The molecule has 1 aromatic rings. The minimum Gasteiger partial charge on any atom is -0.383 e. The summed E-state index contributed by atoms with van der Waals surface area (Å²) in [6.07, 6.45) is 0.175. The van der Waals surface area contributed by atoms with Gasteiger partial charge in [-0.05, 0) is 24.6 Å². The van der Waals surface area contributed by atoms with E-state index in [-0.39, 0.29) is 36.9 Å². The van der Waals surface area contributed by atoms with E-state index in [0.29, 0.717) is 13.1 Å². The number of amides is 1. The minimum atomic E-state index is -3.65. The van der Waals surface area contributed by atoms with E-state index in [1.54, 1.807) is 23.1 Å². The lowest BCUT2D eigenvalue weighted by atomic mass is 10.2. The number of methoxy groups -OCH3 is 1. The molecule has 1 heterocycles. The van der Waals surface area contributed by atoms with Crippen molar-refractivity contribution >= 4 is 15.9 Å². The SMILES string of the molecule is COCCN(CCC(=O)N1CCNCC1)S(=O)(=O)c1cccc(C)c1. The summed E-state index contributed by atoms with van der Waals surface area (Å²) in [6, 6.07) is 6.81. The Bertz CT molecular complexity index is 672. The number of rotatable bonds is 8. The summed E-state index contributed by atoms with van der Waals surface area (Å²) in [7, 11) is -2.12. The normalized spacial score (nSPS) is 15.6. The summed E-state index contributed by atoms with van der Waals surface area (Å²) < 4.78 is 32.2. The molecule has 0 aromatic heterocycles. The molecule has 0 aliphatic carbocycles. The first kappa shape index (κ1) is 19.8. The lowest BCUT2D eigenvalue weighted by Crippen LogP contribution is -2.47. The number of aryl methyl sites for hydroxylation is 1. The number of carbonyl (C=O) groups excluding carboxylic acids is 1. The van der Waals surface area contributed by atoms with Crippen LogP contribution in [0.4, 0.5) is 0 Å². The maximum absolute atomic E-state index is 12.9. The summed E-state index contributed by atoms with van der Waals surface area (Å²) in [5, 5.41) is 3.20. The minimum absolute atomic E-state index is 0.0108. The summed E-state index contributed by atoms with van der Waals surface area (Å²) >= 11 is 0. The van der Waals surface area contributed by atoms with Gasteiger partial charge < -0.3 is 15.0 Å². The highest BCUT2D eigenvalue weighted by atomic mass is 32.2. The van der Waals surface area contributed by atoms with Crippen molar-refractivity contribution in [1.82, 2.24) is 14.5 Å². The molecule has 0 radical (unpaired) electrons. The summed E-state index contributed by atoms with van der Waals surface area (Å²) in [5.74, 6) is -0.0108. The Kier molecular flexibility index (Phi) is 7.37. The molecule has 0 atom stereocenters. The zero-order valence-corrected chi connectivity index (χ0v) is 15.7. The average molecular weight is 369 g/mol. The molecule has 0 bridgehead atoms. The van der Waals surface area contributed by atoms with E-state index in [1.165, 1.54) is 11.4 Å². The summed E-state index contributed by atoms with van der Waals surface area (Å²) in [5.41, 5.74) is 0.879. The predicted octanol–water partition coefficient (Wildman–Crippen LogP) is 0.454. The fourth-order valence-corrected chi connectivity index (χ4v) is 4.29. The van der Waals surface area contributed by atoms with Crippen LogP contribution >= 0.6 is 0 Å². The first-order valence-electron chi connectivity index (χ1n) is 8.49. The average Bonchev–Trinajstić information content (AvgIpc) is 2.62. The Balaban J connectivity index is 2.08. The molecule has 8 heteroatoms. The van der Waals surface area contributed by atoms with Gasteiger partial charge in [0, 0.05) is 52.8 Å². The maximum Gasteiger partial charge on any atom is 0.243 e. The van der Waals surface area contributed by atoms with Gasteiger partial charge in [-0.3, -0.25) is 4.79 Å². The molecule has 7 nitrogen and oxygen atoms in total. The Morgan fingerprint density at radius 2 is 2.00 bits per heavy atom. The molecule has 1 fully saturated rings. The molecule has 2 rings (SSSR count). The van der Waals surface area contributed by atoms with Crippen molar-refractivity contribution in [2.45, 2.75) is 18.2 Å². The number of piperazine rings is 1. The van der Waals surface area contributed by atoms with Crippen molar-refractivity contribution < 1.29 is 17.9 Å². The van der Waals surface area contributed by atoms with E-state index in [4.69, 9.17) is 4.74 Å². The van der Waals surface area contributed by atoms with E-state index in [2.05, 4.69) is 5.32 Å². The second-order valence-electron chi connectivity index (χ2n) is 6.09. The highest BCUT2D eigenvalue weighted by Crippen LogP contribution is 2.17. The van der Waals surface area contributed by atoms with Crippen LogP contribution in [0, 0.1) is 6.92 Å². The lowest BCUT2D eigenvalue weighted by Gasteiger charge is -2.28. The number of nitrogens with zero attached hydrogens (tertiary/aromatic N) is 2. The van der Waals surface area contributed by atoms with E-state index in [9.17, 15) is 13.2 Å². The van der Waals surface area contributed by atoms with Crippen LogP contribution in [0.1, 0.15) is 12.0 Å². The number of sulfonamides is 1. The molecule has 1 aromatic carbocycles. The van der Waals surface area contributed by atoms with Crippen LogP contribution in [0.2, 0.25) is 0 Å². The zero-order valence-electron chi connectivity index (χ0n) is 14.9. The smallest absolute Gasteiger partial charge is 0.243 e. The standard InChI is InChI=1S/C17H27N3O4S/c1-15-4-3-5-16(14-15)25(22,23)20(12-13-24-2)9-6-17(21)19-10-7-18-8-11-19/h3-5,14,18H,6-13H2,1-2H3. The molecular weight excluding hydrogens is 342 g/mol. The van der Waals surface area contributed by atoms with E-state index in [0.717, 1.165) is 18.7 Å². The fraction of sp³-hybridized carbons (Fsp3) is 0.588. The Morgan fingerprint density at radius 1 is 1.28 bits per heavy atom. The molecule has 1 saturated heterocycles. The van der Waals surface area contributed by atoms with Crippen LogP contribution in [-0.4, -0.2) is 76.5 Å². The van der Waals surface area contributed by atoms with Gasteiger partial charge in [-0.2, -0.15) is 4.31 Å². The number of carbonyl (C=O) groups is 1. The van der Waals surface area contributed by atoms with E-state index < -0.39 is 10.0 Å². The van der Waals surface area contributed by atoms with E-state index in [1.807, 2.05) is 13.0 Å². The summed E-state index contributed by atoms with van der Waals surface area (Å²) in [4.78, 5) is 14.4. The third kappa shape index (κ3) is 5.50. The Labute approximate surface area is 150 Å². The van der Waals surface area contributed by atoms with Crippen LogP contribution in [-0.2, 0) is 19.6 Å². The van der Waals surface area contributed by atoms with Crippen LogP contribution in [0.3, 0.4) is 0 Å². The Morgan fingerprint density at radius 3 is 2.64 bits per heavy atom. The highest BCUT2D eigenvalue weighted by Gasteiger charge is 2.26. The number of benzene rings is 1. The van der Waals surface area contributed by atoms with E-state index >= 15 is 0 Å². The Hall–Kier alpha value is -1.48. The van der Waals surface area contributed by atoms with Crippen molar-refractivity contribution in [3.63, 3.8) is 0 Å². The third-order valence-corrected chi connectivity index (χ3v) is 6.11. The van der Waals surface area contributed by atoms with Crippen LogP contribution in [0.5, 0.6) is 0 Å². The molecule has 1 aliphatic rings. The van der Waals surface area contributed by atoms with Gasteiger partial charge >= 0.3 is 0 Å². The second-order valence-corrected chi connectivity index (χ2v) is 8.03. The van der Waals surface area contributed by atoms with Gasteiger partial charge in [-0.15, -0.1) is 0 Å². The molecule has 1 aliphatic heterocycles. The molecule has 0 saturated carbocycles. The molecular formula is C17H27N3O4S. The molecule has 0 spiro atoms. The van der Waals surface area contributed by atoms with Gasteiger partial charge in [0.25, 0.3) is 0 Å². The van der Waals surface area contributed by atoms with Gasteiger partial charge in [-0.1, -0.05) is 12.1 Å². The predicted molar refractivity (Wildman–Crippen MR) is 95.9 cm³/mol. The topological polar surface area (TPSA) is 79.0 Å². The van der Waals surface area contributed by atoms with Crippen LogP contribution in [0.15, 0.2) is 29.2 Å². The van der Waals surface area contributed by atoms with Gasteiger partial charge in [0.15, 0.2) is 0 Å². The van der Waals surface area contributed by atoms with Crippen molar-refractivity contribution in [2.75, 3.05) is 53.0 Å². The van der Waals surface area contributed by atoms with Gasteiger partial charge in [0.2, 0.25) is 15.9 Å². The zero-order chi connectivity index (χ0) is 18.3. The quantitative estimate of drug-likeness (QED) is 0.720. The van der Waals surface area contributed by atoms with Crippen molar-refractivity contribution in [1.29, 1.82) is 0 Å². The first-order valence-corrected chi connectivity index (χ1v) is 9.93. The molecule has 1 amide bonds. The fourth-order valence-electron chi connectivity index (χ4n) is 2.76. The van der Waals surface area contributed by atoms with Crippen molar-refractivity contribution in [3.8, 4) is 0 Å². The monoisotopic (exact) mass is 369 g/mol. The molecule has 0 unspecified atom stereocenters. The van der Waals surface area contributed by atoms with Crippen molar-refractivity contribution in [3.05, 3.63) is 29.8 Å².